The summed E-state index contributed by atoms with van der Waals surface area (Å²) in [6.07, 6.45) is 3.41. The minimum atomic E-state index is -0.631. The lowest BCUT2D eigenvalue weighted by molar-refractivity contribution is -0.00202. The van der Waals surface area contributed by atoms with Crippen LogP contribution in [-0.2, 0) is 0 Å². The average molecular weight is 291 g/mol. The summed E-state index contributed by atoms with van der Waals surface area (Å²) >= 11 is 0. The molecule has 0 unspecified atom stereocenters. The molecule has 0 aromatic heterocycles. The number of ether oxygens (including phenoxy) is 1. The number of amides is 1. The number of piperidine rings is 1. The predicted molar refractivity (Wildman–Crippen MR) is 82.6 cm³/mol. The van der Waals surface area contributed by atoms with Gasteiger partial charge >= 0.3 is 0 Å². The molecule has 4 nitrogen and oxygen atoms in total. The van der Waals surface area contributed by atoms with Crippen molar-refractivity contribution in [3.63, 3.8) is 0 Å². The van der Waals surface area contributed by atoms with E-state index in [0.717, 1.165) is 18.6 Å². The van der Waals surface area contributed by atoms with E-state index in [1.54, 1.807) is 0 Å². The van der Waals surface area contributed by atoms with Crippen LogP contribution < -0.4 is 4.74 Å². The molecule has 2 rings (SSSR count). The molecule has 1 N–H and O–H groups in total. The zero-order chi connectivity index (χ0) is 15.3. The van der Waals surface area contributed by atoms with E-state index in [2.05, 4.69) is 6.92 Å². The number of unbranched alkanes of at least 4 members (excludes halogenated alkanes) is 1. The summed E-state index contributed by atoms with van der Waals surface area (Å²) in [7, 11) is 0. The summed E-state index contributed by atoms with van der Waals surface area (Å²) in [5.41, 5.74) is 0.0488. The normalized spacial score (nSPS) is 17.6. The molecule has 1 aliphatic heterocycles. The third-order valence-electron chi connectivity index (χ3n) is 4.00. The Kier molecular flexibility index (Phi) is 5.23. The molecule has 116 valence electrons. The van der Waals surface area contributed by atoms with Gasteiger partial charge in [-0.15, -0.1) is 0 Å². The van der Waals surface area contributed by atoms with Crippen LogP contribution in [0.15, 0.2) is 24.3 Å². The fourth-order valence-corrected chi connectivity index (χ4v) is 2.40. The molecular weight excluding hydrogens is 266 g/mol. The van der Waals surface area contributed by atoms with Gasteiger partial charge in [-0.2, -0.15) is 0 Å². The SMILES string of the molecule is CCCCOc1ccc(C(=O)N2CCC(C)(O)CC2)cc1. The standard InChI is InChI=1S/C17H25NO3/c1-3-4-13-21-15-7-5-14(6-8-15)16(19)18-11-9-17(2,20)10-12-18/h5-8,20H,3-4,9-13H2,1-2H3. The molecule has 1 heterocycles. The number of nitrogens with zero attached hydrogens (tertiary/aromatic N) is 1. The second kappa shape index (κ2) is 6.94. The number of likely N-dealkylation sites (tertiary alicyclic amines) is 1. The second-order valence-electron chi connectivity index (χ2n) is 6.02. The lowest BCUT2D eigenvalue weighted by Gasteiger charge is -2.35. The number of hydrogen-bond donors (Lipinski definition) is 1. The van der Waals surface area contributed by atoms with Crippen LogP contribution in [-0.4, -0.2) is 41.2 Å². The van der Waals surface area contributed by atoms with Crippen LogP contribution in [0.25, 0.3) is 0 Å². The van der Waals surface area contributed by atoms with Crippen molar-refractivity contribution in [1.82, 2.24) is 4.90 Å². The number of carbonyl (C=O) groups excluding carboxylic acids is 1. The molecule has 1 fully saturated rings. The maximum absolute atomic E-state index is 12.4. The van der Waals surface area contributed by atoms with Crippen molar-refractivity contribution in [3.05, 3.63) is 29.8 Å². The van der Waals surface area contributed by atoms with E-state index >= 15 is 0 Å². The highest BCUT2D eigenvalue weighted by Gasteiger charge is 2.29. The molecule has 0 aliphatic carbocycles. The molecule has 0 bridgehead atoms. The second-order valence-corrected chi connectivity index (χ2v) is 6.02. The van der Waals surface area contributed by atoms with Crippen LogP contribution in [0.3, 0.4) is 0 Å². The van der Waals surface area contributed by atoms with Crippen molar-refractivity contribution in [2.75, 3.05) is 19.7 Å². The van der Waals surface area contributed by atoms with Crippen molar-refractivity contribution >= 4 is 5.91 Å². The third kappa shape index (κ3) is 4.46. The third-order valence-corrected chi connectivity index (χ3v) is 4.00. The first kappa shape index (κ1) is 15.8. The van der Waals surface area contributed by atoms with Crippen LogP contribution in [0.4, 0.5) is 0 Å². The van der Waals surface area contributed by atoms with Crippen LogP contribution in [0.2, 0.25) is 0 Å². The molecule has 1 saturated heterocycles. The number of rotatable bonds is 5. The Labute approximate surface area is 126 Å². The zero-order valence-electron chi connectivity index (χ0n) is 13.0. The number of aliphatic hydroxyl groups is 1. The Morgan fingerprint density at radius 2 is 1.90 bits per heavy atom. The summed E-state index contributed by atoms with van der Waals surface area (Å²) in [6.45, 7) is 5.89. The Morgan fingerprint density at radius 3 is 2.48 bits per heavy atom. The molecule has 0 radical (unpaired) electrons. The fourth-order valence-electron chi connectivity index (χ4n) is 2.40. The van der Waals surface area contributed by atoms with E-state index in [-0.39, 0.29) is 5.91 Å². The molecule has 1 amide bonds. The number of hydrogen-bond acceptors (Lipinski definition) is 3. The average Bonchev–Trinajstić information content (AvgIpc) is 2.48. The van der Waals surface area contributed by atoms with E-state index in [1.807, 2.05) is 36.1 Å². The predicted octanol–water partition coefficient (Wildman–Crippen LogP) is 2.85. The largest absolute Gasteiger partial charge is 0.494 e. The lowest BCUT2D eigenvalue weighted by atomic mass is 9.93. The monoisotopic (exact) mass is 291 g/mol. The van der Waals surface area contributed by atoms with Crippen LogP contribution >= 0.6 is 0 Å². The Hall–Kier alpha value is -1.55. The number of carbonyl (C=O) groups is 1. The van der Waals surface area contributed by atoms with Gasteiger partial charge in [0.2, 0.25) is 0 Å². The summed E-state index contributed by atoms with van der Waals surface area (Å²) < 4.78 is 5.60. The van der Waals surface area contributed by atoms with Gasteiger partial charge in [-0.1, -0.05) is 13.3 Å². The van der Waals surface area contributed by atoms with Gasteiger partial charge in [-0.05, 0) is 50.5 Å². The quantitative estimate of drug-likeness (QED) is 0.849. The van der Waals surface area contributed by atoms with E-state index in [1.165, 1.54) is 0 Å². The van der Waals surface area contributed by atoms with Gasteiger partial charge in [0.15, 0.2) is 0 Å². The van der Waals surface area contributed by atoms with Gasteiger partial charge in [0.1, 0.15) is 5.75 Å². The summed E-state index contributed by atoms with van der Waals surface area (Å²) in [4.78, 5) is 14.2. The van der Waals surface area contributed by atoms with Crippen molar-refractivity contribution < 1.29 is 14.6 Å². The highest BCUT2D eigenvalue weighted by molar-refractivity contribution is 5.94. The first-order valence-corrected chi connectivity index (χ1v) is 7.76. The van der Waals surface area contributed by atoms with Crippen LogP contribution in [0, 0.1) is 0 Å². The molecule has 1 aromatic carbocycles. The minimum absolute atomic E-state index is 0.0330. The van der Waals surface area contributed by atoms with Gasteiger partial charge in [-0.25, -0.2) is 0 Å². The summed E-state index contributed by atoms with van der Waals surface area (Å²) in [6, 6.07) is 7.33. The molecule has 1 aliphatic rings. The number of benzene rings is 1. The topological polar surface area (TPSA) is 49.8 Å². The first-order valence-electron chi connectivity index (χ1n) is 7.76. The minimum Gasteiger partial charge on any atom is -0.494 e. The Morgan fingerprint density at radius 1 is 1.29 bits per heavy atom. The molecule has 4 heteroatoms. The van der Waals surface area contributed by atoms with E-state index in [4.69, 9.17) is 4.74 Å². The molecule has 0 atom stereocenters. The van der Waals surface area contributed by atoms with Crippen molar-refractivity contribution in [3.8, 4) is 5.75 Å². The van der Waals surface area contributed by atoms with Crippen LogP contribution in [0.5, 0.6) is 5.75 Å². The van der Waals surface area contributed by atoms with E-state index in [9.17, 15) is 9.90 Å². The highest BCUT2D eigenvalue weighted by Crippen LogP contribution is 2.23. The first-order chi connectivity index (χ1) is 10.0. The Bertz CT molecular complexity index is 457. The lowest BCUT2D eigenvalue weighted by Crippen LogP contribution is -2.45. The van der Waals surface area contributed by atoms with Crippen molar-refractivity contribution in [2.24, 2.45) is 0 Å². The molecule has 0 spiro atoms. The van der Waals surface area contributed by atoms with Gasteiger partial charge < -0.3 is 14.7 Å². The molecular formula is C17H25NO3. The van der Waals surface area contributed by atoms with Crippen molar-refractivity contribution in [1.29, 1.82) is 0 Å². The molecule has 1 aromatic rings. The van der Waals surface area contributed by atoms with Gasteiger partial charge in [0.25, 0.3) is 5.91 Å². The Balaban J connectivity index is 1.91. The van der Waals surface area contributed by atoms with E-state index in [0.29, 0.717) is 38.1 Å². The van der Waals surface area contributed by atoms with Gasteiger partial charge in [0.05, 0.1) is 12.2 Å². The van der Waals surface area contributed by atoms with Gasteiger partial charge in [-0.3, -0.25) is 4.79 Å². The zero-order valence-corrected chi connectivity index (χ0v) is 13.0. The summed E-state index contributed by atoms with van der Waals surface area (Å²) in [5, 5.41) is 9.93. The van der Waals surface area contributed by atoms with E-state index < -0.39 is 5.60 Å². The smallest absolute Gasteiger partial charge is 0.253 e. The molecule has 0 saturated carbocycles. The van der Waals surface area contributed by atoms with Gasteiger partial charge in [0, 0.05) is 18.7 Å². The maximum atomic E-state index is 12.4. The van der Waals surface area contributed by atoms with Crippen molar-refractivity contribution in [2.45, 2.75) is 45.1 Å². The summed E-state index contributed by atoms with van der Waals surface area (Å²) in [5.74, 6) is 0.840. The molecule has 21 heavy (non-hydrogen) atoms. The fraction of sp³-hybridized carbons (Fsp3) is 0.588. The van der Waals surface area contributed by atoms with Crippen LogP contribution in [0.1, 0.15) is 49.9 Å². The maximum Gasteiger partial charge on any atom is 0.253 e. The highest BCUT2D eigenvalue weighted by atomic mass is 16.5.